The number of para-hydroxylation sites is 1. The molecule has 0 radical (unpaired) electrons. The molecule has 3 rings (SSSR count). The van der Waals surface area contributed by atoms with Crippen LogP contribution in [0.3, 0.4) is 0 Å². The van der Waals surface area contributed by atoms with Gasteiger partial charge < -0.3 is 4.74 Å². The molecule has 3 aromatic rings. The van der Waals surface area contributed by atoms with Crippen molar-refractivity contribution in [3.63, 3.8) is 0 Å². The lowest BCUT2D eigenvalue weighted by Crippen LogP contribution is -2.05. The first-order valence-corrected chi connectivity index (χ1v) is 7.85. The number of ether oxygens (including phenoxy) is 1. The average Bonchev–Trinajstić information content (AvgIpc) is 2.93. The van der Waals surface area contributed by atoms with E-state index >= 15 is 0 Å². The van der Waals surface area contributed by atoms with Gasteiger partial charge in [0, 0.05) is 18.0 Å². The summed E-state index contributed by atoms with van der Waals surface area (Å²) in [5, 5.41) is 11.3. The Labute approximate surface area is 144 Å². The van der Waals surface area contributed by atoms with E-state index in [1.165, 1.54) is 0 Å². The van der Waals surface area contributed by atoms with E-state index in [-0.39, 0.29) is 6.61 Å². The Bertz CT molecular complexity index is 894. The maximum Gasteiger partial charge on any atom is 0.216 e. The quantitative estimate of drug-likeness (QED) is 0.571. The van der Waals surface area contributed by atoms with Crippen molar-refractivity contribution < 1.29 is 4.74 Å². The molecule has 1 N–H and O–H groups in total. The minimum Gasteiger partial charge on any atom is -0.485 e. The second-order valence-electron chi connectivity index (χ2n) is 5.30. The number of aryl methyl sites for hydroxylation is 2. The van der Waals surface area contributed by atoms with Crippen molar-refractivity contribution >= 4 is 18.4 Å². The molecule has 0 spiro atoms. The third kappa shape index (κ3) is 3.57. The zero-order valence-corrected chi connectivity index (χ0v) is 14.2. The highest BCUT2D eigenvalue weighted by atomic mass is 32.1. The number of H-pyrrole nitrogens is 1. The highest BCUT2D eigenvalue weighted by molar-refractivity contribution is 7.71. The Kier molecular flexibility index (Phi) is 4.81. The van der Waals surface area contributed by atoms with E-state index in [4.69, 9.17) is 17.0 Å². The summed E-state index contributed by atoms with van der Waals surface area (Å²) in [4.78, 5) is 4.05. The molecular weight excluding hydrogens is 322 g/mol. The minimum absolute atomic E-state index is 0.267. The normalized spacial score (nSPS) is 11.1. The first-order valence-electron chi connectivity index (χ1n) is 7.45. The van der Waals surface area contributed by atoms with Crippen LogP contribution in [0.4, 0.5) is 0 Å². The summed E-state index contributed by atoms with van der Waals surface area (Å²) in [6, 6.07) is 9.79. The van der Waals surface area contributed by atoms with E-state index in [0.29, 0.717) is 10.6 Å². The summed E-state index contributed by atoms with van der Waals surface area (Å²) < 4.78 is 7.89. The minimum atomic E-state index is 0.267. The van der Waals surface area contributed by atoms with E-state index in [9.17, 15) is 0 Å². The second-order valence-corrected chi connectivity index (χ2v) is 5.68. The van der Waals surface area contributed by atoms with Crippen molar-refractivity contribution in [3.8, 4) is 5.75 Å². The lowest BCUT2D eigenvalue weighted by molar-refractivity contribution is 0.287. The molecule has 122 valence electrons. The third-order valence-electron chi connectivity index (χ3n) is 3.48. The zero-order chi connectivity index (χ0) is 16.9. The molecular formula is C17H17N5OS. The van der Waals surface area contributed by atoms with Crippen LogP contribution in [0.25, 0.3) is 0 Å². The largest absolute Gasteiger partial charge is 0.485 e. The Balaban J connectivity index is 1.80. The van der Waals surface area contributed by atoms with Crippen LogP contribution in [-0.4, -0.2) is 26.1 Å². The van der Waals surface area contributed by atoms with Crippen molar-refractivity contribution in [1.82, 2.24) is 19.9 Å². The number of aromatic nitrogens is 4. The fourth-order valence-electron chi connectivity index (χ4n) is 2.28. The molecule has 0 aliphatic rings. The molecule has 2 aromatic heterocycles. The summed E-state index contributed by atoms with van der Waals surface area (Å²) in [7, 11) is 0. The molecule has 0 fully saturated rings. The Hall–Kier alpha value is -2.80. The van der Waals surface area contributed by atoms with Crippen molar-refractivity contribution in [2.75, 3.05) is 0 Å². The fourth-order valence-corrected chi connectivity index (χ4v) is 2.48. The maximum absolute atomic E-state index is 5.92. The van der Waals surface area contributed by atoms with E-state index in [1.54, 1.807) is 23.3 Å². The summed E-state index contributed by atoms with van der Waals surface area (Å²) >= 11 is 5.23. The van der Waals surface area contributed by atoms with Gasteiger partial charge in [-0.25, -0.2) is 5.10 Å². The molecule has 2 heterocycles. The van der Waals surface area contributed by atoms with Gasteiger partial charge in [0.2, 0.25) is 4.77 Å². The second kappa shape index (κ2) is 7.18. The van der Waals surface area contributed by atoms with Crippen LogP contribution < -0.4 is 4.74 Å². The van der Waals surface area contributed by atoms with Gasteiger partial charge in [-0.1, -0.05) is 24.3 Å². The van der Waals surface area contributed by atoms with Gasteiger partial charge >= 0.3 is 0 Å². The molecule has 24 heavy (non-hydrogen) atoms. The molecule has 0 aliphatic carbocycles. The molecule has 0 saturated heterocycles. The van der Waals surface area contributed by atoms with Crippen molar-refractivity contribution in [2.24, 2.45) is 5.10 Å². The lowest BCUT2D eigenvalue weighted by Gasteiger charge is -2.11. The van der Waals surface area contributed by atoms with Gasteiger partial charge in [-0.2, -0.15) is 14.9 Å². The number of pyridine rings is 1. The smallest absolute Gasteiger partial charge is 0.216 e. The van der Waals surface area contributed by atoms with Crippen molar-refractivity contribution in [2.45, 2.75) is 20.5 Å². The summed E-state index contributed by atoms with van der Waals surface area (Å²) in [6.45, 7) is 4.29. The van der Waals surface area contributed by atoms with Crippen molar-refractivity contribution in [3.05, 3.63) is 70.0 Å². The summed E-state index contributed by atoms with van der Waals surface area (Å²) in [6.07, 6.45) is 5.12. The van der Waals surface area contributed by atoms with Gasteiger partial charge in [0.25, 0.3) is 0 Å². The predicted octanol–water partition coefficient (Wildman–Crippen LogP) is 3.41. The first-order chi connectivity index (χ1) is 11.6. The summed E-state index contributed by atoms with van der Waals surface area (Å²) in [5.41, 5.74) is 3.03. The number of nitrogens with zero attached hydrogens (tertiary/aromatic N) is 4. The topological polar surface area (TPSA) is 68.1 Å². The molecule has 1 aromatic carbocycles. The summed E-state index contributed by atoms with van der Waals surface area (Å²) in [5.74, 6) is 1.46. The lowest BCUT2D eigenvalue weighted by atomic mass is 10.1. The number of benzene rings is 1. The molecule has 0 unspecified atom stereocenters. The van der Waals surface area contributed by atoms with Crippen LogP contribution in [0, 0.1) is 18.6 Å². The van der Waals surface area contributed by atoms with Crippen LogP contribution >= 0.6 is 12.2 Å². The van der Waals surface area contributed by atoms with Gasteiger partial charge in [-0.05, 0) is 43.3 Å². The molecule has 6 nitrogen and oxygen atoms in total. The number of nitrogens with one attached hydrogen (secondary N) is 1. The Morgan fingerprint density at radius 3 is 2.75 bits per heavy atom. The van der Waals surface area contributed by atoms with E-state index in [1.807, 2.05) is 44.2 Å². The van der Waals surface area contributed by atoms with Crippen LogP contribution in [0.5, 0.6) is 5.75 Å². The predicted molar refractivity (Wildman–Crippen MR) is 94.9 cm³/mol. The molecule has 0 aliphatic heterocycles. The van der Waals surface area contributed by atoms with Gasteiger partial charge in [0.15, 0.2) is 5.82 Å². The number of hydrogen-bond acceptors (Lipinski definition) is 5. The highest BCUT2D eigenvalue weighted by Crippen LogP contribution is 2.23. The van der Waals surface area contributed by atoms with Crippen molar-refractivity contribution in [1.29, 1.82) is 0 Å². The monoisotopic (exact) mass is 339 g/mol. The molecule has 0 bridgehead atoms. The Morgan fingerprint density at radius 1 is 1.25 bits per heavy atom. The SMILES string of the molecule is Cc1cccc(C)c1OCc1n[nH]c(=S)n1/N=C\c1cccnc1. The van der Waals surface area contributed by atoms with Crippen LogP contribution in [0.15, 0.2) is 47.8 Å². The van der Waals surface area contributed by atoms with Gasteiger partial charge in [0.05, 0.1) is 6.21 Å². The van der Waals surface area contributed by atoms with Crippen LogP contribution in [0.2, 0.25) is 0 Å². The highest BCUT2D eigenvalue weighted by Gasteiger charge is 2.09. The number of aromatic amines is 1. The van der Waals surface area contributed by atoms with E-state index in [2.05, 4.69) is 20.3 Å². The molecule has 0 saturated carbocycles. The van der Waals surface area contributed by atoms with E-state index < -0.39 is 0 Å². The van der Waals surface area contributed by atoms with Crippen LogP contribution in [0.1, 0.15) is 22.5 Å². The van der Waals surface area contributed by atoms with E-state index in [0.717, 1.165) is 22.4 Å². The number of hydrogen-bond donors (Lipinski definition) is 1. The Morgan fingerprint density at radius 2 is 2.04 bits per heavy atom. The van der Waals surface area contributed by atoms with Gasteiger partial charge in [-0.15, -0.1) is 0 Å². The maximum atomic E-state index is 5.92. The van der Waals surface area contributed by atoms with Gasteiger partial charge in [0.1, 0.15) is 12.4 Å². The average molecular weight is 339 g/mol. The molecule has 0 atom stereocenters. The first kappa shape index (κ1) is 16.1. The standard InChI is InChI=1S/C17H17N5OS/c1-12-5-3-6-13(2)16(12)23-11-15-20-21-17(24)22(15)19-10-14-7-4-8-18-9-14/h3-10H,11H2,1-2H3,(H,21,24)/b19-10-. The number of rotatable bonds is 5. The fraction of sp³-hybridized carbons (Fsp3) is 0.176. The zero-order valence-electron chi connectivity index (χ0n) is 13.4. The third-order valence-corrected chi connectivity index (χ3v) is 3.74. The molecule has 0 amide bonds. The van der Waals surface area contributed by atoms with Gasteiger partial charge in [-0.3, -0.25) is 4.98 Å². The van der Waals surface area contributed by atoms with Crippen LogP contribution in [-0.2, 0) is 6.61 Å². The molecule has 7 heteroatoms.